The van der Waals surface area contributed by atoms with Crippen molar-refractivity contribution in [1.82, 2.24) is 25.8 Å². The van der Waals surface area contributed by atoms with Gasteiger partial charge in [0.05, 0.1) is 52.3 Å². The van der Waals surface area contributed by atoms with Gasteiger partial charge in [0.25, 0.3) is 0 Å². The molecule has 2 fully saturated rings. The zero-order valence-electron chi connectivity index (χ0n) is 31.7. The van der Waals surface area contributed by atoms with Crippen molar-refractivity contribution in [2.75, 3.05) is 83.6 Å². The van der Waals surface area contributed by atoms with Crippen LogP contribution in [0.1, 0.15) is 58.8 Å². The van der Waals surface area contributed by atoms with E-state index in [0.717, 1.165) is 49.0 Å². The van der Waals surface area contributed by atoms with Crippen LogP contribution in [-0.4, -0.2) is 125 Å². The molecule has 2 aromatic rings. The Morgan fingerprint density at radius 1 is 0.870 bits per heavy atom. The van der Waals surface area contributed by atoms with Crippen molar-refractivity contribution < 1.29 is 38.1 Å². The fraction of sp³-hybridized carbons (Fsp3) is 0.649. The molecule has 4 rings (SSSR count). The summed E-state index contributed by atoms with van der Waals surface area (Å²) in [4.78, 5) is 60.0. The maximum Gasteiger partial charge on any atom is 0.321 e. The molecule has 2 heterocycles. The summed E-state index contributed by atoms with van der Waals surface area (Å²) in [5.74, 6) is -0.762. The minimum Gasteiger partial charge on any atom is -0.379 e. The average Bonchev–Trinajstić information content (AvgIpc) is 3.83. The fourth-order valence-electron chi connectivity index (χ4n) is 6.37. The molecular formula is C37H58BrN7O8S. The molecule has 15 nitrogen and oxygen atoms in total. The van der Waals surface area contributed by atoms with Crippen molar-refractivity contribution in [1.29, 1.82) is 0 Å². The third-order valence-corrected chi connectivity index (χ3v) is 10.2. The van der Waals surface area contributed by atoms with E-state index in [0.29, 0.717) is 88.1 Å². The molecule has 5 amide bonds. The van der Waals surface area contributed by atoms with Gasteiger partial charge >= 0.3 is 6.03 Å². The maximum absolute atomic E-state index is 14.1. The van der Waals surface area contributed by atoms with Crippen LogP contribution in [0.25, 0.3) is 11.3 Å². The highest BCUT2D eigenvalue weighted by molar-refractivity contribution is 8.93. The summed E-state index contributed by atoms with van der Waals surface area (Å²) in [6.07, 6.45) is 6.01. The molecule has 54 heavy (non-hydrogen) atoms. The van der Waals surface area contributed by atoms with Gasteiger partial charge in [-0.05, 0) is 52.5 Å². The van der Waals surface area contributed by atoms with Gasteiger partial charge in [0.1, 0.15) is 22.8 Å². The molecule has 1 aromatic carbocycles. The molecule has 5 N–H and O–H groups in total. The molecular weight excluding hydrogens is 782 g/mol. The van der Waals surface area contributed by atoms with Crippen molar-refractivity contribution in [3.63, 3.8) is 0 Å². The number of likely N-dealkylation sites (tertiary alicyclic amines) is 1. The molecule has 302 valence electrons. The molecule has 1 aromatic heterocycles. The van der Waals surface area contributed by atoms with E-state index in [1.165, 1.54) is 0 Å². The Labute approximate surface area is 333 Å². The van der Waals surface area contributed by atoms with Crippen LogP contribution in [0.15, 0.2) is 30.3 Å². The SMILES string of the molecule is Br.CCOCCOCCOCCOCCNC(=O)Nc1nc(-c2ccccc2)c(NC(=O)C2CCCN2C(=O)[C@@H](NC(=O)[C@H](C)NC)C2CCCCC2)s1. The fourth-order valence-corrected chi connectivity index (χ4v) is 7.25. The molecule has 3 atom stereocenters. The van der Waals surface area contributed by atoms with Crippen LogP contribution in [0.4, 0.5) is 14.9 Å². The van der Waals surface area contributed by atoms with E-state index in [-0.39, 0.29) is 47.2 Å². The van der Waals surface area contributed by atoms with Gasteiger partial charge in [-0.2, -0.15) is 0 Å². The molecule has 1 aliphatic carbocycles. The van der Waals surface area contributed by atoms with Crippen LogP contribution in [0.5, 0.6) is 0 Å². The number of carbonyl (C=O) groups excluding carboxylic acids is 4. The summed E-state index contributed by atoms with van der Waals surface area (Å²) >= 11 is 1.14. The van der Waals surface area contributed by atoms with Crippen molar-refractivity contribution in [2.24, 2.45) is 5.92 Å². The average molecular weight is 841 g/mol. The molecule has 17 heteroatoms. The number of thiazole rings is 1. The number of benzene rings is 1. The predicted molar refractivity (Wildman–Crippen MR) is 214 cm³/mol. The number of halogens is 1. The first kappa shape index (κ1) is 45.2. The van der Waals surface area contributed by atoms with E-state index in [1.807, 2.05) is 37.3 Å². The lowest BCUT2D eigenvalue weighted by atomic mass is 9.83. The molecule has 1 saturated heterocycles. The van der Waals surface area contributed by atoms with Gasteiger partial charge in [-0.1, -0.05) is 60.9 Å². The van der Waals surface area contributed by atoms with Gasteiger partial charge in [-0.15, -0.1) is 17.0 Å². The first-order valence-electron chi connectivity index (χ1n) is 18.8. The zero-order chi connectivity index (χ0) is 37.8. The van der Waals surface area contributed by atoms with E-state index < -0.39 is 24.2 Å². The highest BCUT2D eigenvalue weighted by Gasteiger charge is 2.41. The molecule has 1 aliphatic heterocycles. The van der Waals surface area contributed by atoms with Crippen molar-refractivity contribution >= 4 is 62.2 Å². The number of urea groups is 1. The number of carbonyl (C=O) groups is 4. The second-order valence-corrected chi connectivity index (χ2v) is 14.1. The van der Waals surface area contributed by atoms with Crippen LogP contribution >= 0.6 is 28.3 Å². The van der Waals surface area contributed by atoms with Crippen molar-refractivity contribution in [3.8, 4) is 11.3 Å². The van der Waals surface area contributed by atoms with Gasteiger partial charge in [0, 0.05) is 25.3 Å². The predicted octanol–water partition coefficient (Wildman–Crippen LogP) is 4.20. The molecule has 1 unspecified atom stereocenters. The number of amides is 5. The first-order valence-corrected chi connectivity index (χ1v) is 19.6. The number of aromatic nitrogens is 1. The molecule has 1 saturated carbocycles. The van der Waals surface area contributed by atoms with E-state index in [2.05, 4.69) is 31.6 Å². The Balaban J connectivity index is 0.00000784. The third-order valence-electron chi connectivity index (χ3n) is 9.33. The molecule has 0 radical (unpaired) electrons. The summed E-state index contributed by atoms with van der Waals surface area (Å²) in [5.41, 5.74) is 1.27. The number of likely N-dealkylation sites (N-methyl/N-ethyl adjacent to an activating group) is 1. The summed E-state index contributed by atoms with van der Waals surface area (Å²) < 4.78 is 21.6. The number of hydrogen-bond acceptors (Lipinski definition) is 11. The number of nitrogens with zero attached hydrogens (tertiary/aromatic N) is 2. The molecule has 0 bridgehead atoms. The van der Waals surface area contributed by atoms with Gasteiger partial charge in [-0.3, -0.25) is 19.7 Å². The van der Waals surface area contributed by atoms with Crippen LogP contribution in [0.3, 0.4) is 0 Å². The number of rotatable bonds is 22. The summed E-state index contributed by atoms with van der Waals surface area (Å²) in [5, 5.41) is 15.3. The second kappa shape index (κ2) is 25.1. The lowest BCUT2D eigenvalue weighted by Crippen LogP contribution is -2.57. The van der Waals surface area contributed by atoms with E-state index in [9.17, 15) is 19.2 Å². The summed E-state index contributed by atoms with van der Waals surface area (Å²) in [6, 6.07) is 7.06. The molecule has 0 spiro atoms. The quantitative estimate of drug-likeness (QED) is 0.108. The lowest BCUT2D eigenvalue weighted by Gasteiger charge is -2.35. The second-order valence-electron chi connectivity index (χ2n) is 13.1. The number of nitrogens with one attached hydrogen (secondary N) is 5. The van der Waals surface area contributed by atoms with Crippen LogP contribution < -0.4 is 26.6 Å². The number of ether oxygens (including phenoxy) is 4. The highest BCUT2D eigenvalue weighted by atomic mass is 79.9. The van der Waals surface area contributed by atoms with Gasteiger partial charge in [-0.25, -0.2) is 9.78 Å². The maximum atomic E-state index is 14.1. The Bertz CT molecular complexity index is 1430. The summed E-state index contributed by atoms with van der Waals surface area (Å²) in [6.45, 7) is 8.22. The summed E-state index contributed by atoms with van der Waals surface area (Å²) in [7, 11) is 1.71. The van der Waals surface area contributed by atoms with Crippen LogP contribution in [0.2, 0.25) is 0 Å². The largest absolute Gasteiger partial charge is 0.379 e. The van der Waals surface area contributed by atoms with E-state index in [1.54, 1.807) is 18.9 Å². The van der Waals surface area contributed by atoms with E-state index >= 15 is 0 Å². The topological polar surface area (TPSA) is 181 Å². The zero-order valence-corrected chi connectivity index (χ0v) is 34.2. The molecule has 2 aliphatic rings. The Kier molecular flexibility index (Phi) is 21.0. The lowest BCUT2D eigenvalue weighted by molar-refractivity contribution is -0.142. The van der Waals surface area contributed by atoms with Crippen LogP contribution in [0, 0.1) is 5.92 Å². The smallest absolute Gasteiger partial charge is 0.321 e. The third kappa shape index (κ3) is 14.5. The van der Waals surface area contributed by atoms with Gasteiger partial charge in [0.2, 0.25) is 17.7 Å². The number of hydrogen-bond donors (Lipinski definition) is 5. The number of anilines is 2. The first-order chi connectivity index (χ1) is 25.8. The van der Waals surface area contributed by atoms with Gasteiger partial charge < -0.3 is 45.1 Å². The normalized spacial score (nSPS) is 16.9. The van der Waals surface area contributed by atoms with E-state index in [4.69, 9.17) is 18.9 Å². The standard InChI is InChI=1S/C37H57N7O8S.BrH/c1-4-49-20-21-51-24-25-52-23-22-50-19-17-39-36(48)43-37-41-30(27-12-7-5-8-13-27)34(53-37)42-33(46)29-16-11-18-44(29)35(47)31(28-14-9-6-10-15-28)40-32(45)26(2)38-3;/h5,7-8,12-13,26,28-29,31,38H,4,6,9-11,14-25H2,1-3H3,(H,40,45)(H,42,46)(H2,39,41,43,48);1H/t26-,29?,31-;/m0./s1. The monoisotopic (exact) mass is 839 g/mol. The van der Waals surface area contributed by atoms with Gasteiger partial charge in [0.15, 0.2) is 5.13 Å². The minimum absolute atomic E-state index is 0. The highest BCUT2D eigenvalue weighted by Crippen LogP contribution is 2.37. The van der Waals surface area contributed by atoms with Crippen molar-refractivity contribution in [3.05, 3.63) is 30.3 Å². The minimum atomic E-state index is -0.706. The Hall–Kier alpha value is -3.19. The Morgan fingerprint density at radius 2 is 1.52 bits per heavy atom. The Morgan fingerprint density at radius 3 is 2.17 bits per heavy atom. The van der Waals surface area contributed by atoms with Crippen molar-refractivity contribution in [2.45, 2.75) is 76.9 Å². The van der Waals surface area contributed by atoms with Crippen LogP contribution in [-0.2, 0) is 33.3 Å².